The first-order valence-corrected chi connectivity index (χ1v) is 42.8. The van der Waals surface area contributed by atoms with Crippen LogP contribution in [0.5, 0.6) is 0 Å². The van der Waals surface area contributed by atoms with E-state index >= 15 is 0 Å². The van der Waals surface area contributed by atoms with Crippen LogP contribution in [-0.4, -0.2) is 96.7 Å². The molecule has 0 fully saturated rings. The van der Waals surface area contributed by atoms with E-state index in [2.05, 4.69) is 55.4 Å². The number of unbranched alkanes of at least 4 members (excludes halogenated alkanes) is 38. The fraction of sp³-hybridized carbons (Fsp3) is 0.948. The summed E-state index contributed by atoms with van der Waals surface area (Å²) in [5, 5.41) is 10.6. The number of hydrogen-bond acceptors (Lipinski definition) is 15. The Morgan fingerprint density at radius 2 is 0.500 bits per heavy atom. The predicted molar refractivity (Wildman–Crippen MR) is 391 cm³/mol. The van der Waals surface area contributed by atoms with E-state index in [0.717, 1.165) is 120 Å². The molecule has 4 unspecified atom stereocenters. The van der Waals surface area contributed by atoms with Crippen LogP contribution >= 0.6 is 15.6 Å². The minimum Gasteiger partial charge on any atom is -0.462 e. The largest absolute Gasteiger partial charge is 0.472 e. The maximum Gasteiger partial charge on any atom is 0.472 e. The lowest BCUT2D eigenvalue weighted by Gasteiger charge is -2.21. The van der Waals surface area contributed by atoms with Gasteiger partial charge in [-0.3, -0.25) is 37.3 Å². The minimum atomic E-state index is -4.96. The molecular formula is C77H150O17P2. The van der Waals surface area contributed by atoms with Crippen molar-refractivity contribution in [3.63, 3.8) is 0 Å². The van der Waals surface area contributed by atoms with Crippen LogP contribution in [0.3, 0.4) is 0 Å². The van der Waals surface area contributed by atoms with Gasteiger partial charge in [-0.25, -0.2) is 9.13 Å². The van der Waals surface area contributed by atoms with Gasteiger partial charge in [-0.2, -0.15) is 0 Å². The van der Waals surface area contributed by atoms with Crippen LogP contribution in [0.2, 0.25) is 0 Å². The maximum atomic E-state index is 13.1. The third kappa shape index (κ3) is 67.9. The van der Waals surface area contributed by atoms with Crippen molar-refractivity contribution in [1.29, 1.82) is 0 Å². The Balaban J connectivity index is 5.18. The summed E-state index contributed by atoms with van der Waals surface area (Å²) >= 11 is 0. The summed E-state index contributed by atoms with van der Waals surface area (Å²) < 4.78 is 68.5. The first-order chi connectivity index (χ1) is 46.2. The smallest absolute Gasteiger partial charge is 0.462 e. The fourth-order valence-electron chi connectivity index (χ4n) is 11.7. The summed E-state index contributed by atoms with van der Waals surface area (Å²) in [5.41, 5.74) is 0. The molecule has 0 aromatic rings. The number of rotatable bonds is 74. The molecule has 0 heterocycles. The lowest BCUT2D eigenvalue weighted by Crippen LogP contribution is -2.30. The van der Waals surface area contributed by atoms with Gasteiger partial charge in [0, 0.05) is 25.7 Å². The second kappa shape index (κ2) is 66.3. The van der Waals surface area contributed by atoms with Gasteiger partial charge < -0.3 is 33.8 Å². The molecule has 0 saturated heterocycles. The van der Waals surface area contributed by atoms with Gasteiger partial charge in [-0.15, -0.1) is 0 Å². The molecule has 0 aliphatic rings. The second-order valence-corrected chi connectivity index (χ2v) is 32.1. The molecule has 570 valence electrons. The zero-order valence-electron chi connectivity index (χ0n) is 63.0. The predicted octanol–water partition coefficient (Wildman–Crippen LogP) is 22.4. The Kier molecular flexibility index (Phi) is 65.0. The second-order valence-electron chi connectivity index (χ2n) is 29.2. The van der Waals surface area contributed by atoms with Crippen molar-refractivity contribution in [3.05, 3.63) is 0 Å². The molecule has 3 N–H and O–H groups in total. The molecule has 0 radical (unpaired) electrons. The minimum absolute atomic E-state index is 0.103. The van der Waals surface area contributed by atoms with Crippen molar-refractivity contribution < 1.29 is 80.2 Å². The molecule has 0 spiro atoms. The summed E-state index contributed by atoms with van der Waals surface area (Å²) in [6, 6.07) is 0. The van der Waals surface area contributed by atoms with Gasteiger partial charge in [0.05, 0.1) is 26.4 Å². The molecule has 0 saturated carbocycles. The summed E-state index contributed by atoms with van der Waals surface area (Å²) in [7, 11) is -9.91. The topological polar surface area (TPSA) is 237 Å². The van der Waals surface area contributed by atoms with Crippen LogP contribution in [0, 0.1) is 23.7 Å². The Hall–Kier alpha value is -1.94. The Morgan fingerprint density at radius 3 is 0.740 bits per heavy atom. The van der Waals surface area contributed by atoms with Gasteiger partial charge in [-0.1, -0.05) is 338 Å². The third-order valence-corrected chi connectivity index (χ3v) is 20.4. The van der Waals surface area contributed by atoms with Gasteiger partial charge in [0.25, 0.3) is 0 Å². The first-order valence-electron chi connectivity index (χ1n) is 39.8. The zero-order valence-corrected chi connectivity index (χ0v) is 64.8. The van der Waals surface area contributed by atoms with Crippen molar-refractivity contribution >= 4 is 39.5 Å². The summed E-state index contributed by atoms with van der Waals surface area (Å²) in [4.78, 5) is 72.8. The van der Waals surface area contributed by atoms with E-state index in [1.54, 1.807) is 0 Å². The molecule has 0 aliphatic carbocycles. The number of aliphatic hydroxyl groups is 1. The van der Waals surface area contributed by atoms with Crippen molar-refractivity contribution in [2.45, 2.75) is 408 Å². The Bertz CT molecular complexity index is 1890. The molecule has 0 aromatic heterocycles. The molecule has 0 rings (SSSR count). The number of carbonyl (C=O) groups is 4. The Morgan fingerprint density at radius 1 is 0.292 bits per heavy atom. The van der Waals surface area contributed by atoms with Crippen LogP contribution in [0.15, 0.2) is 0 Å². The van der Waals surface area contributed by atoms with E-state index < -0.39 is 97.5 Å². The maximum absolute atomic E-state index is 13.1. The monoisotopic (exact) mass is 1410 g/mol. The molecule has 0 aromatic carbocycles. The Labute approximate surface area is 588 Å². The normalized spacial score (nSPS) is 14.7. The van der Waals surface area contributed by atoms with Gasteiger partial charge in [0.2, 0.25) is 0 Å². The average Bonchev–Trinajstić information content (AvgIpc) is 1.80. The summed E-state index contributed by atoms with van der Waals surface area (Å²) in [6.45, 7) is 14.2. The number of carbonyl (C=O) groups excluding carboxylic acids is 4. The van der Waals surface area contributed by atoms with Crippen molar-refractivity contribution in [2.75, 3.05) is 39.6 Å². The van der Waals surface area contributed by atoms with Crippen LogP contribution < -0.4 is 0 Å². The summed E-state index contributed by atoms with van der Waals surface area (Å²) in [6.07, 6.45) is 51.5. The highest BCUT2D eigenvalue weighted by Gasteiger charge is 2.30. The number of phosphoric ester groups is 2. The number of aliphatic hydroxyl groups excluding tert-OH is 1. The number of esters is 4. The lowest BCUT2D eigenvalue weighted by molar-refractivity contribution is -0.161. The molecule has 17 nitrogen and oxygen atoms in total. The highest BCUT2D eigenvalue weighted by atomic mass is 31.2. The van der Waals surface area contributed by atoms with E-state index in [4.69, 9.17) is 37.0 Å². The third-order valence-electron chi connectivity index (χ3n) is 18.5. The number of ether oxygens (including phenoxy) is 4. The van der Waals surface area contributed by atoms with E-state index in [-0.39, 0.29) is 25.7 Å². The SMILES string of the molecule is CCC(C)CCCCCCCCC(=O)OC[C@H](COP(=O)(O)OC[C@H](O)COP(=O)(O)OC[C@@H](COC(=O)CCCCCCCCCCCCCCCCCC(C)C)OC(=O)CCCCCCCCC(C)CC)OC(=O)CCCCCCCCCCCCCCCCCC(C)C. The zero-order chi connectivity index (χ0) is 71.0. The highest BCUT2D eigenvalue weighted by molar-refractivity contribution is 7.47. The van der Waals surface area contributed by atoms with E-state index in [1.165, 1.54) is 186 Å². The first kappa shape index (κ1) is 94.1. The molecule has 0 aliphatic heterocycles. The van der Waals surface area contributed by atoms with Crippen molar-refractivity contribution in [1.82, 2.24) is 0 Å². The number of phosphoric acid groups is 2. The van der Waals surface area contributed by atoms with Crippen LogP contribution in [0.4, 0.5) is 0 Å². The van der Waals surface area contributed by atoms with Crippen molar-refractivity contribution in [2.24, 2.45) is 23.7 Å². The molecule has 0 amide bonds. The van der Waals surface area contributed by atoms with Gasteiger partial charge in [-0.05, 0) is 49.4 Å². The quantitative estimate of drug-likeness (QED) is 0.0222. The average molecular weight is 1410 g/mol. The molecule has 0 bridgehead atoms. The van der Waals surface area contributed by atoms with Crippen molar-refractivity contribution in [3.8, 4) is 0 Å². The fourth-order valence-corrected chi connectivity index (χ4v) is 13.2. The van der Waals surface area contributed by atoms with Crippen LogP contribution in [0.25, 0.3) is 0 Å². The van der Waals surface area contributed by atoms with E-state index in [1.807, 2.05) is 0 Å². The lowest BCUT2D eigenvalue weighted by atomic mass is 10.00. The van der Waals surface area contributed by atoms with Gasteiger partial charge >= 0.3 is 39.5 Å². The van der Waals surface area contributed by atoms with Crippen LogP contribution in [0.1, 0.15) is 389 Å². The van der Waals surface area contributed by atoms with E-state index in [0.29, 0.717) is 25.7 Å². The molecular weight excluding hydrogens is 1260 g/mol. The standard InChI is InChI=1S/C77H150O17P2/c1-9-69(7)55-47-39-33-35-42-50-58-75(80)88-64-72(93-76(81)59-51-43-32-28-24-20-16-12-14-18-22-26-30-38-46-54-68(5)6)65-91-95(83,84)89-61-71(78)62-90-96(85,86)92-66-73(94-77(82)60-52-44-36-34-40-48-56-70(8)10-2)63-87-74(79)57-49-41-31-27-23-19-15-11-13-17-21-25-29-37-45-53-67(3)4/h67-73,78H,9-66H2,1-8H3,(H,83,84)(H,85,86)/t69?,70?,71-,72+,73+/m0/s1. The highest BCUT2D eigenvalue weighted by Crippen LogP contribution is 2.45. The number of hydrogen-bond donors (Lipinski definition) is 3. The molecule has 19 heteroatoms. The molecule has 96 heavy (non-hydrogen) atoms. The molecule has 7 atom stereocenters. The van der Waals surface area contributed by atoms with Gasteiger partial charge in [0.1, 0.15) is 19.3 Å². The van der Waals surface area contributed by atoms with Crippen LogP contribution in [-0.2, 0) is 65.4 Å². The summed E-state index contributed by atoms with van der Waals surface area (Å²) in [5.74, 6) is 0.936. The van der Waals surface area contributed by atoms with E-state index in [9.17, 15) is 43.2 Å². The van der Waals surface area contributed by atoms with Gasteiger partial charge in [0.15, 0.2) is 12.2 Å².